The molecule has 0 bridgehead atoms. The van der Waals surface area contributed by atoms with E-state index >= 15 is 0 Å². The van der Waals surface area contributed by atoms with Crippen LogP contribution < -0.4 is 0 Å². The molecular weight excluding hydrogens is 701 g/mol. The van der Waals surface area contributed by atoms with Crippen LogP contribution in [0.5, 0.6) is 0 Å². The number of likely N-dealkylation sites (N-methyl/N-ethyl adjacent to an activating group) is 1. The summed E-state index contributed by atoms with van der Waals surface area (Å²) in [5.74, 6) is -0.853. The fourth-order valence-corrected chi connectivity index (χ4v) is 6.87. The van der Waals surface area contributed by atoms with E-state index in [-0.39, 0.29) is 32.0 Å². The van der Waals surface area contributed by atoms with Crippen LogP contribution in [0.3, 0.4) is 0 Å². The summed E-state index contributed by atoms with van der Waals surface area (Å²) in [6.07, 6.45) is 38.4. The van der Waals surface area contributed by atoms with Gasteiger partial charge >= 0.3 is 19.8 Å². The zero-order valence-corrected chi connectivity index (χ0v) is 36.4. The lowest BCUT2D eigenvalue weighted by atomic mass is 10.0. The molecule has 0 aromatic carbocycles. The number of hydrogen-bond donors (Lipinski definition) is 1. The summed E-state index contributed by atoms with van der Waals surface area (Å²) in [4.78, 5) is 35.3. The van der Waals surface area contributed by atoms with Gasteiger partial charge in [-0.2, -0.15) is 0 Å². The molecular formula is C44H85NO8P+. The molecule has 0 aromatic heterocycles. The summed E-state index contributed by atoms with van der Waals surface area (Å²) in [7, 11) is 1.46. The molecule has 0 saturated carbocycles. The number of hydrogen-bond acceptors (Lipinski definition) is 7. The lowest BCUT2D eigenvalue weighted by Gasteiger charge is -2.24. The molecule has 0 heterocycles. The monoisotopic (exact) mass is 787 g/mol. The quantitative estimate of drug-likeness (QED) is 0.0215. The molecule has 0 aliphatic heterocycles. The second kappa shape index (κ2) is 37.1. The van der Waals surface area contributed by atoms with E-state index in [9.17, 15) is 19.0 Å². The third-order valence-corrected chi connectivity index (χ3v) is 10.6. The number of quaternary nitrogens is 1. The Morgan fingerprint density at radius 1 is 0.611 bits per heavy atom. The summed E-state index contributed by atoms with van der Waals surface area (Å²) in [6.45, 7) is 5.91. The van der Waals surface area contributed by atoms with Gasteiger partial charge in [-0.3, -0.25) is 18.6 Å². The highest BCUT2D eigenvalue weighted by Gasteiger charge is 2.27. The molecule has 2 atom stereocenters. The summed E-state index contributed by atoms with van der Waals surface area (Å²) >= 11 is 0. The molecule has 0 aliphatic rings. The summed E-state index contributed by atoms with van der Waals surface area (Å²) < 4.78 is 34.2. The largest absolute Gasteiger partial charge is 0.472 e. The summed E-state index contributed by atoms with van der Waals surface area (Å²) in [5.41, 5.74) is 0. The van der Waals surface area contributed by atoms with E-state index in [1.54, 1.807) is 0 Å². The van der Waals surface area contributed by atoms with E-state index in [0.717, 1.165) is 38.5 Å². The van der Waals surface area contributed by atoms with Crippen molar-refractivity contribution in [3.63, 3.8) is 0 Å². The Bertz CT molecular complexity index is 967. The standard InChI is InChI=1S/C44H84NO8P/c1-6-8-10-12-14-16-18-20-22-24-26-28-30-32-34-36-43(46)50-40-42(41-52-54(48,49)51-39-38-45(3,4)5)53-44(47)37-35-33-31-29-27-25-23-21-19-17-15-13-11-9-7-2/h6,31,33,42H,1,7-30,32,34-41H2,2-5H3/p+1/b33-31+/t42-/m1/s1. The Labute approximate surface area is 332 Å². The van der Waals surface area contributed by atoms with Gasteiger partial charge in [0.05, 0.1) is 27.7 Å². The highest BCUT2D eigenvalue weighted by molar-refractivity contribution is 7.47. The molecule has 0 amide bonds. The molecule has 0 spiro atoms. The normalized spacial score (nSPS) is 13.6. The summed E-state index contributed by atoms with van der Waals surface area (Å²) in [5, 5.41) is 0. The van der Waals surface area contributed by atoms with Crippen LogP contribution in [0.2, 0.25) is 0 Å². The molecule has 0 aromatic rings. The van der Waals surface area contributed by atoms with Gasteiger partial charge < -0.3 is 18.9 Å². The van der Waals surface area contributed by atoms with Crippen LogP contribution in [-0.2, 0) is 32.7 Å². The predicted octanol–water partition coefficient (Wildman–Crippen LogP) is 12.4. The van der Waals surface area contributed by atoms with Crippen LogP contribution in [0.25, 0.3) is 0 Å². The van der Waals surface area contributed by atoms with E-state index in [2.05, 4.69) is 19.6 Å². The highest BCUT2D eigenvalue weighted by Crippen LogP contribution is 2.43. The smallest absolute Gasteiger partial charge is 0.462 e. The lowest BCUT2D eigenvalue weighted by Crippen LogP contribution is -2.37. The number of carbonyl (C=O) groups is 2. The average Bonchev–Trinajstić information content (AvgIpc) is 3.12. The molecule has 0 aliphatic carbocycles. The first-order valence-corrected chi connectivity index (χ1v) is 23.5. The van der Waals surface area contributed by atoms with Crippen molar-refractivity contribution < 1.29 is 42.1 Å². The molecule has 0 fully saturated rings. The second-order valence-electron chi connectivity index (χ2n) is 16.2. The minimum Gasteiger partial charge on any atom is -0.462 e. The van der Waals surface area contributed by atoms with E-state index in [1.807, 2.05) is 33.3 Å². The number of ether oxygens (including phenoxy) is 2. The number of phosphoric acid groups is 1. The van der Waals surface area contributed by atoms with Crippen LogP contribution in [0.4, 0.5) is 0 Å². The first kappa shape index (κ1) is 52.5. The SMILES string of the molecule is C=CCCCCCCCCCCCCCCCC(=O)OC[C@H](COP(=O)(O)OCC[N+](C)(C)C)OC(=O)CC/C=C/CCCCCCCCCCCCC. The van der Waals surface area contributed by atoms with Crippen molar-refractivity contribution >= 4 is 19.8 Å². The predicted molar refractivity (Wildman–Crippen MR) is 224 cm³/mol. The van der Waals surface area contributed by atoms with Crippen molar-refractivity contribution in [2.45, 2.75) is 199 Å². The van der Waals surface area contributed by atoms with Crippen LogP contribution in [-0.4, -0.2) is 74.9 Å². The molecule has 1 unspecified atom stereocenters. The molecule has 54 heavy (non-hydrogen) atoms. The van der Waals surface area contributed by atoms with Crippen LogP contribution in [0.15, 0.2) is 24.8 Å². The van der Waals surface area contributed by atoms with Gasteiger partial charge in [0.2, 0.25) is 0 Å². The van der Waals surface area contributed by atoms with E-state index in [1.165, 1.54) is 128 Å². The van der Waals surface area contributed by atoms with Crippen molar-refractivity contribution in [3.05, 3.63) is 24.8 Å². The minimum absolute atomic E-state index is 0.0270. The fourth-order valence-electron chi connectivity index (χ4n) is 6.13. The molecule has 0 saturated heterocycles. The topological polar surface area (TPSA) is 108 Å². The Hall–Kier alpha value is -1.51. The van der Waals surface area contributed by atoms with E-state index in [0.29, 0.717) is 17.4 Å². The Morgan fingerprint density at radius 2 is 1.07 bits per heavy atom. The maximum atomic E-state index is 12.6. The van der Waals surface area contributed by atoms with Gasteiger partial charge in [0.15, 0.2) is 6.10 Å². The van der Waals surface area contributed by atoms with E-state index in [4.69, 9.17) is 18.5 Å². The van der Waals surface area contributed by atoms with Gasteiger partial charge in [-0.1, -0.05) is 160 Å². The van der Waals surface area contributed by atoms with Gasteiger partial charge in [-0.25, -0.2) is 4.57 Å². The molecule has 318 valence electrons. The number of phosphoric ester groups is 1. The average molecular weight is 787 g/mol. The Balaban J connectivity index is 4.36. The second-order valence-corrected chi connectivity index (χ2v) is 17.6. The van der Waals surface area contributed by atoms with Gasteiger partial charge in [-0.05, 0) is 38.5 Å². The zero-order chi connectivity index (χ0) is 40.0. The number of nitrogens with zero attached hydrogens (tertiary/aromatic N) is 1. The van der Waals surface area contributed by atoms with Crippen molar-refractivity contribution in [2.24, 2.45) is 0 Å². The summed E-state index contributed by atoms with van der Waals surface area (Å²) in [6, 6.07) is 0. The van der Waals surface area contributed by atoms with Gasteiger partial charge in [0.25, 0.3) is 0 Å². The maximum absolute atomic E-state index is 12.6. The van der Waals surface area contributed by atoms with Gasteiger partial charge in [0.1, 0.15) is 19.8 Å². The van der Waals surface area contributed by atoms with Crippen molar-refractivity contribution in [3.8, 4) is 0 Å². The number of esters is 2. The molecule has 9 nitrogen and oxygen atoms in total. The maximum Gasteiger partial charge on any atom is 0.472 e. The number of rotatable bonds is 41. The minimum atomic E-state index is -4.38. The number of allylic oxidation sites excluding steroid dienone is 3. The number of carbonyl (C=O) groups excluding carboxylic acids is 2. The van der Waals surface area contributed by atoms with Crippen molar-refractivity contribution in [1.82, 2.24) is 0 Å². The third-order valence-electron chi connectivity index (χ3n) is 9.61. The molecule has 0 radical (unpaired) electrons. The Kier molecular flexibility index (Phi) is 36.1. The molecule has 0 rings (SSSR count). The number of unbranched alkanes of at least 4 members (excludes halogenated alkanes) is 24. The zero-order valence-electron chi connectivity index (χ0n) is 35.6. The van der Waals surface area contributed by atoms with Crippen molar-refractivity contribution in [1.29, 1.82) is 0 Å². The highest BCUT2D eigenvalue weighted by atomic mass is 31.2. The van der Waals surface area contributed by atoms with Crippen LogP contribution in [0.1, 0.15) is 193 Å². The third kappa shape index (κ3) is 40.2. The molecule has 10 heteroatoms. The Morgan fingerprint density at radius 3 is 1.57 bits per heavy atom. The van der Waals surface area contributed by atoms with Crippen LogP contribution >= 0.6 is 7.82 Å². The molecule has 1 N–H and O–H groups in total. The van der Waals surface area contributed by atoms with Crippen LogP contribution in [0, 0.1) is 0 Å². The fraction of sp³-hybridized carbons (Fsp3) is 0.864. The van der Waals surface area contributed by atoms with E-state index < -0.39 is 26.5 Å². The van der Waals surface area contributed by atoms with Gasteiger partial charge in [0, 0.05) is 12.8 Å². The van der Waals surface area contributed by atoms with Crippen molar-refractivity contribution in [2.75, 3.05) is 47.5 Å². The lowest BCUT2D eigenvalue weighted by molar-refractivity contribution is -0.870. The first-order chi connectivity index (χ1) is 26.0. The first-order valence-electron chi connectivity index (χ1n) is 22.0. The van der Waals surface area contributed by atoms with Gasteiger partial charge in [-0.15, -0.1) is 6.58 Å².